The first kappa shape index (κ1) is 12.3. The molecular formula is C15H16N2O. The van der Waals surface area contributed by atoms with Gasteiger partial charge in [-0.05, 0) is 31.0 Å². The predicted molar refractivity (Wildman–Crippen MR) is 73.0 cm³/mol. The average molecular weight is 240 g/mol. The quantitative estimate of drug-likeness (QED) is 0.481. The molecule has 0 bridgehead atoms. The maximum absolute atomic E-state index is 11.8. The number of benzene rings is 2. The van der Waals surface area contributed by atoms with E-state index in [1.165, 1.54) is 5.56 Å². The summed E-state index contributed by atoms with van der Waals surface area (Å²) in [7, 11) is 0. The molecule has 2 aromatic carbocycles. The summed E-state index contributed by atoms with van der Waals surface area (Å²) in [5.41, 5.74) is 6.92. The van der Waals surface area contributed by atoms with Crippen molar-refractivity contribution in [3.8, 4) is 11.1 Å². The van der Waals surface area contributed by atoms with Crippen LogP contribution in [0.4, 0.5) is 0 Å². The molecule has 0 spiro atoms. The summed E-state index contributed by atoms with van der Waals surface area (Å²) in [6.07, 6.45) is 0. The fourth-order valence-corrected chi connectivity index (χ4v) is 1.91. The second-order valence-electron chi connectivity index (χ2n) is 4.39. The number of hydrazine groups is 1. The summed E-state index contributed by atoms with van der Waals surface area (Å²) in [4.78, 5) is 11.8. The molecule has 18 heavy (non-hydrogen) atoms. The molecule has 0 atom stereocenters. The van der Waals surface area contributed by atoms with Gasteiger partial charge in [0.05, 0.1) is 0 Å². The smallest absolute Gasteiger partial charge is 0.265 e. The van der Waals surface area contributed by atoms with Crippen LogP contribution in [-0.2, 0) is 0 Å². The van der Waals surface area contributed by atoms with Crippen LogP contribution in [0.2, 0.25) is 0 Å². The Morgan fingerprint density at radius 3 is 2.22 bits per heavy atom. The van der Waals surface area contributed by atoms with Gasteiger partial charge in [-0.3, -0.25) is 10.2 Å². The number of nitrogens with two attached hydrogens (primary N) is 1. The summed E-state index contributed by atoms with van der Waals surface area (Å²) >= 11 is 0. The van der Waals surface area contributed by atoms with Crippen LogP contribution in [0.5, 0.6) is 0 Å². The molecule has 2 rings (SSSR count). The highest BCUT2D eigenvalue weighted by Crippen LogP contribution is 2.25. The number of carbonyl (C=O) groups excluding carboxylic acids is 1. The van der Waals surface area contributed by atoms with Gasteiger partial charge in [-0.15, -0.1) is 0 Å². The van der Waals surface area contributed by atoms with Crippen LogP contribution in [0.1, 0.15) is 21.5 Å². The number of hydrogen-bond donors (Lipinski definition) is 2. The Hall–Kier alpha value is -2.13. The van der Waals surface area contributed by atoms with Crippen molar-refractivity contribution < 1.29 is 4.79 Å². The fourth-order valence-electron chi connectivity index (χ4n) is 1.91. The lowest BCUT2D eigenvalue weighted by Gasteiger charge is -2.10. The molecule has 3 nitrogen and oxygen atoms in total. The SMILES string of the molecule is Cc1ccc(-c2ccc(C)cc2C(=O)NN)cc1. The van der Waals surface area contributed by atoms with Crippen molar-refractivity contribution in [1.29, 1.82) is 0 Å². The highest BCUT2D eigenvalue weighted by atomic mass is 16.2. The molecule has 92 valence electrons. The Balaban J connectivity index is 2.56. The monoisotopic (exact) mass is 240 g/mol. The minimum atomic E-state index is -0.269. The normalized spacial score (nSPS) is 10.2. The second-order valence-corrected chi connectivity index (χ2v) is 4.39. The van der Waals surface area contributed by atoms with Gasteiger partial charge >= 0.3 is 0 Å². The van der Waals surface area contributed by atoms with Crippen LogP contribution in [-0.4, -0.2) is 5.91 Å². The zero-order valence-electron chi connectivity index (χ0n) is 10.5. The summed E-state index contributed by atoms with van der Waals surface area (Å²) in [6, 6.07) is 13.9. The zero-order valence-corrected chi connectivity index (χ0v) is 10.5. The molecule has 0 radical (unpaired) electrons. The van der Waals surface area contributed by atoms with Gasteiger partial charge in [0.25, 0.3) is 5.91 Å². The lowest BCUT2D eigenvalue weighted by Crippen LogP contribution is -2.30. The van der Waals surface area contributed by atoms with E-state index in [1.807, 2.05) is 56.3 Å². The van der Waals surface area contributed by atoms with Crippen LogP contribution in [0, 0.1) is 13.8 Å². The maximum atomic E-state index is 11.8. The Morgan fingerprint density at radius 2 is 1.61 bits per heavy atom. The van der Waals surface area contributed by atoms with Crippen molar-refractivity contribution in [2.45, 2.75) is 13.8 Å². The summed E-state index contributed by atoms with van der Waals surface area (Å²) < 4.78 is 0. The highest BCUT2D eigenvalue weighted by Gasteiger charge is 2.11. The van der Waals surface area contributed by atoms with Crippen LogP contribution >= 0.6 is 0 Å². The minimum Gasteiger partial charge on any atom is -0.290 e. The van der Waals surface area contributed by atoms with E-state index in [-0.39, 0.29) is 5.91 Å². The van der Waals surface area contributed by atoms with Crippen molar-refractivity contribution in [1.82, 2.24) is 5.43 Å². The maximum Gasteiger partial charge on any atom is 0.265 e. The first-order valence-corrected chi connectivity index (χ1v) is 5.80. The van der Waals surface area contributed by atoms with Gasteiger partial charge in [0.1, 0.15) is 0 Å². The van der Waals surface area contributed by atoms with E-state index < -0.39 is 0 Å². The molecule has 0 fully saturated rings. The molecule has 3 heteroatoms. The molecule has 2 aromatic rings. The molecule has 3 N–H and O–H groups in total. The molecule has 0 aliphatic heterocycles. The van der Waals surface area contributed by atoms with Gasteiger partial charge in [-0.1, -0.05) is 47.5 Å². The number of rotatable bonds is 2. The molecule has 0 heterocycles. The Morgan fingerprint density at radius 1 is 1.00 bits per heavy atom. The zero-order chi connectivity index (χ0) is 13.1. The van der Waals surface area contributed by atoms with E-state index in [0.29, 0.717) is 5.56 Å². The third-order valence-electron chi connectivity index (χ3n) is 2.91. The van der Waals surface area contributed by atoms with Crippen molar-refractivity contribution >= 4 is 5.91 Å². The van der Waals surface area contributed by atoms with E-state index in [1.54, 1.807) is 0 Å². The van der Waals surface area contributed by atoms with E-state index in [0.717, 1.165) is 16.7 Å². The highest BCUT2D eigenvalue weighted by molar-refractivity contribution is 6.00. The minimum absolute atomic E-state index is 0.269. The Labute approximate surface area is 107 Å². The molecule has 0 saturated carbocycles. The Kier molecular flexibility index (Phi) is 3.44. The fraction of sp³-hybridized carbons (Fsp3) is 0.133. The van der Waals surface area contributed by atoms with Gasteiger partial charge in [0.15, 0.2) is 0 Å². The van der Waals surface area contributed by atoms with Crippen molar-refractivity contribution in [3.63, 3.8) is 0 Å². The predicted octanol–water partition coefficient (Wildman–Crippen LogP) is 2.57. The summed E-state index contributed by atoms with van der Waals surface area (Å²) in [6.45, 7) is 3.98. The molecular weight excluding hydrogens is 224 g/mol. The van der Waals surface area contributed by atoms with Crippen LogP contribution in [0.25, 0.3) is 11.1 Å². The summed E-state index contributed by atoms with van der Waals surface area (Å²) in [5, 5.41) is 0. The molecule has 0 aromatic heterocycles. The number of carbonyl (C=O) groups is 1. The number of nitrogen functional groups attached to an aromatic ring is 1. The van der Waals surface area contributed by atoms with Gasteiger partial charge in [-0.2, -0.15) is 0 Å². The standard InChI is InChI=1S/C15H16N2O/c1-10-3-6-12(7-4-10)13-8-5-11(2)9-14(13)15(18)17-16/h3-9H,16H2,1-2H3,(H,17,18). The first-order chi connectivity index (χ1) is 8.61. The van der Waals surface area contributed by atoms with Gasteiger partial charge in [0.2, 0.25) is 0 Å². The molecule has 0 aliphatic rings. The topological polar surface area (TPSA) is 55.1 Å². The molecule has 0 unspecified atom stereocenters. The van der Waals surface area contributed by atoms with E-state index in [2.05, 4.69) is 5.43 Å². The van der Waals surface area contributed by atoms with Gasteiger partial charge in [-0.25, -0.2) is 5.84 Å². The van der Waals surface area contributed by atoms with Crippen molar-refractivity contribution in [3.05, 3.63) is 59.2 Å². The van der Waals surface area contributed by atoms with E-state index in [4.69, 9.17) is 5.84 Å². The van der Waals surface area contributed by atoms with Crippen LogP contribution in [0.15, 0.2) is 42.5 Å². The lowest BCUT2D eigenvalue weighted by atomic mass is 9.97. The Bertz CT molecular complexity index is 574. The van der Waals surface area contributed by atoms with Crippen molar-refractivity contribution in [2.75, 3.05) is 0 Å². The van der Waals surface area contributed by atoms with Gasteiger partial charge < -0.3 is 0 Å². The molecule has 0 saturated heterocycles. The number of hydrogen-bond acceptors (Lipinski definition) is 2. The van der Waals surface area contributed by atoms with E-state index >= 15 is 0 Å². The molecule has 1 amide bonds. The third kappa shape index (κ3) is 2.41. The largest absolute Gasteiger partial charge is 0.290 e. The summed E-state index contributed by atoms with van der Waals surface area (Å²) in [5.74, 6) is 4.96. The average Bonchev–Trinajstić information content (AvgIpc) is 2.39. The van der Waals surface area contributed by atoms with E-state index in [9.17, 15) is 4.79 Å². The number of nitrogens with one attached hydrogen (secondary N) is 1. The number of amides is 1. The third-order valence-corrected chi connectivity index (χ3v) is 2.91. The molecule has 0 aliphatic carbocycles. The lowest BCUT2D eigenvalue weighted by molar-refractivity contribution is 0.0954. The second kappa shape index (κ2) is 5.02. The first-order valence-electron chi connectivity index (χ1n) is 5.80. The van der Waals surface area contributed by atoms with Crippen LogP contribution < -0.4 is 11.3 Å². The van der Waals surface area contributed by atoms with Crippen LogP contribution in [0.3, 0.4) is 0 Å². The van der Waals surface area contributed by atoms with Crippen molar-refractivity contribution in [2.24, 2.45) is 5.84 Å². The number of aryl methyl sites for hydroxylation is 2. The van der Waals surface area contributed by atoms with Gasteiger partial charge in [0, 0.05) is 5.56 Å².